The first-order valence-electron chi connectivity index (χ1n) is 4.90. The molecule has 0 aromatic rings. The molecule has 4 heteroatoms. The van der Waals surface area contributed by atoms with E-state index < -0.39 is 6.10 Å². The third-order valence-electron chi connectivity index (χ3n) is 1.91. The van der Waals surface area contributed by atoms with Crippen molar-refractivity contribution >= 4 is 11.9 Å². The van der Waals surface area contributed by atoms with Crippen LogP contribution in [-0.2, 0) is 14.3 Å². The van der Waals surface area contributed by atoms with E-state index in [1.54, 1.807) is 0 Å². The van der Waals surface area contributed by atoms with Crippen molar-refractivity contribution < 1.29 is 14.3 Å². The molecule has 0 aromatic heterocycles. The Hall–Kier alpha value is -1.06. The van der Waals surface area contributed by atoms with Gasteiger partial charge in [-0.15, -0.1) is 0 Å². The van der Waals surface area contributed by atoms with Gasteiger partial charge in [0.1, 0.15) is 0 Å². The first-order valence-corrected chi connectivity index (χ1v) is 4.90. The van der Waals surface area contributed by atoms with Crippen molar-refractivity contribution in [3.05, 3.63) is 0 Å². The summed E-state index contributed by atoms with van der Waals surface area (Å²) in [4.78, 5) is 22.5. The molecular formula is C10H17NO3. The van der Waals surface area contributed by atoms with Gasteiger partial charge in [-0.25, -0.2) is 0 Å². The maximum absolute atomic E-state index is 11.6. The minimum atomic E-state index is -0.588. The Kier molecular flexibility index (Phi) is 3.13. The van der Waals surface area contributed by atoms with Crippen LogP contribution in [0.2, 0.25) is 0 Å². The monoisotopic (exact) mass is 199 g/mol. The molecule has 80 valence electrons. The maximum Gasteiger partial charge on any atom is 0.306 e. The molecule has 1 heterocycles. The number of ether oxygens (including phenoxy) is 1. The number of nitrogens with one attached hydrogen (secondary N) is 1. The van der Waals surface area contributed by atoms with Gasteiger partial charge in [0.2, 0.25) is 0 Å². The van der Waals surface area contributed by atoms with Crippen LogP contribution in [-0.4, -0.2) is 23.5 Å². The van der Waals surface area contributed by atoms with Crippen LogP contribution in [0.1, 0.15) is 40.0 Å². The average molecular weight is 199 g/mol. The highest BCUT2D eigenvalue weighted by Gasteiger charge is 2.28. The lowest BCUT2D eigenvalue weighted by atomic mass is 10.1. The lowest BCUT2D eigenvalue weighted by Crippen LogP contribution is -2.48. The fourth-order valence-corrected chi connectivity index (χ4v) is 1.34. The molecule has 1 amide bonds. The summed E-state index contributed by atoms with van der Waals surface area (Å²) < 4.78 is 4.94. The number of amides is 1. The number of esters is 1. The van der Waals surface area contributed by atoms with Crippen LogP contribution >= 0.6 is 0 Å². The van der Waals surface area contributed by atoms with E-state index in [4.69, 9.17) is 4.74 Å². The normalized spacial score (nSPS) is 22.8. The topological polar surface area (TPSA) is 55.4 Å². The van der Waals surface area contributed by atoms with Crippen LogP contribution in [0.4, 0.5) is 0 Å². The van der Waals surface area contributed by atoms with Crippen molar-refractivity contribution in [3.63, 3.8) is 0 Å². The van der Waals surface area contributed by atoms with Gasteiger partial charge in [-0.05, 0) is 33.6 Å². The third kappa shape index (κ3) is 3.36. The van der Waals surface area contributed by atoms with Gasteiger partial charge >= 0.3 is 5.97 Å². The minimum absolute atomic E-state index is 0.189. The SMILES string of the molecule is CC(C)(C)NC(=O)[C@@H]1CCCC(=O)O1. The van der Waals surface area contributed by atoms with Gasteiger partial charge in [0.05, 0.1) is 0 Å². The molecular weight excluding hydrogens is 182 g/mol. The lowest BCUT2D eigenvalue weighted by Gasteiger charge is -2.26. The molecule has 0 saturated carbocycles. The number of hydrogen-bond acceptors (Lipinski definition) is 3. The van der Waals surface area contributed by atoms with Crippen molar-refractivity contribution in [3.8, 4) is 0 Å². The van der Waals surface area contributed by atoms with Crippen LogP contribution in [0, 0.1) is 0 Å². The van der Waals surface area contributed by atoms with E-state index in [1.165, 1.54) is 0 Å². The molecule has 1 N–H and O–H groups in total. The average Bonchev–Trinajstić information content (AvgIpc) is 2.01. The number of hydrogen-bond donors (Lipinski definition) is 1. The van der Waals surface area contributed by atoms with Gasteiger partial charge in [0, 0.05) is 12.0 Å². The fourth-order valence-electron chi connectivity index (χ4n) is 1.34. The summed E-state index contributed by atoms with van der Waals surface area (Å²) >= 11 is 0. The Balaban J connectivity index is 2.48. The summed E-state index contributed by atoms with van der Waals surface area (Å²) in [6.45, 7) is 5.70. The predicted octanol–water partition coefficient (Wildman–Crippen LogP) is 0.997. The molecule has 1 fully saturated rings. The van der Waals surface area contributed by atoms with E-state index in [1.807, 2.05) is 20.8 Å². The Labute approximate surface area is 84.0 Å². The molecule has 1 rings (SSSR count). The molecule has 1 aliphatic rings. The molecule has 0 aromatic carbocycles. The smallest absolute Gasteiger partial charge is 0.306 e. The largest absolute Gasteiger partial charge is 0.452 e. The fraction of sp³-hybridized carbons (Fsp3) is 0.800. The van der Waals surface area contributed by atoms with E-state index in [2.05, 4.69) is 5.32 Å². The second kappa shape index (κ2) is 3.98. The van der Waals surface area contributed by atoms with Crippen molar-refractivity contribution in [1.82, 2.24) is 5.32 Å². The summed E-state index contributed by atoms with van der Waals surface area (Å²) in [6.07, 6.45) is 1.21. The van der Waals surface area contributed by atoms with Gasteiger partial charge in [0.15, 0.2) is 6.10 Å². The minimum Gasteiger partial charge on any atom is -0.452 e. The summed E-state index contributed by atoms with van der Waals surface area (Å²) in [7, 11) is 0. The van der Waals surface area contributed by atoms with Gasteiger partial charge in [-0.2, -0.15) is 0 Å². The molecule has 0 aliphatic carbocycles. The Morgan fingerprint density at radius 2 is 2.14 bits per heavy atom. The second-order valence-corrected chi connectivity index (χ2v) is 4.61. The lowest BCUT2D eigenvalue weighted by molar-refractivity contribution is -0.160. The summed E-state index contributed by atoms with van der Waals surface area (Å²) in [5.41, 5.74) is -0.277. The van der Waals surface area contributed by atoms with E-state index in [9.17, 15) is 9.59 Å². The zero-order valence-corrected chi connectivity index (χ0v) is 8.92. The van der Waals surface area contributed by atoms with E-state index in [0.29, 0.717) is 12.8 Å². The summed E-state index contributed by atoms with van der Waals surface area (Å²) in [5.74, 6) is -0.462. The van der Waals surface area contributed by atoms with Crippen LogP contribution in [0.5, 0.6) is 0 Å². The molecule has 1 saturated heterocycles. The zero-order valence-electron chi connectivity index (χ0n) is 8.92. The molecule has 0 radical (unpaired) electrons. The maximum atomic E-state index is 11.6. The second-order valence-electron chi connectivity index (χ2n) is 4.61. The standard InChI is InChI=1S/C10H17NO3/c1-10(2,3)11-9(13)7-5-4-6-8(12)14-7/h7H,4-6H2,1-3H3,(H,11,13)/t7-/m0/s1. The number of cyclic esters (lactones) is 1. The van der Waals surface area contributed by atoms with Crippen LogP contribution in [0.15, 0.2) is 0 Å². The highest BCUT2D eigenvalue weighted by Crippen LogP contribution is 2.15. The Morgan fingerprint density at radius 1 is 1.50 bits per heavy atom. The van der Waals surface area contributed by atoms with E-state index in [0.717, 1.165) is 6.42 Å². The van der Waals surface area contributed by atoms with Crippen molar-refractivity contribution in [1.29, 1.82) is 0 Å². The molecule has 1 aliphatic heterocycles. The van der Waals surface area contributed by atoms with Crippen molar-refractivity contribution in [2.24, 2.45) is 0 Å². The van der Waals surface area contributed by atoms with Crippen molar-refractivity contribution in [2.75, 3.05) is 0 Å². The van der Waals surface area contributed by atoms with Gasteiger partial charge in [-0.3, -0.25) is 9.59 Å². The van der Waals surface area contributed by atoms with Crippen LogP contribution in [0.25, 0.3) is 0 Å². The molecule has 4 nitrogen and oxygen atoms in total. The predicted molar refractivity (Wildman–Crippen MR) is 51.6 cm³/mol. The first kappa shape index (κ1) is 11.0. The van der Waals surface area contributed by atoms with Gasteiger partial charge < -0.3 is 10.1 Å². The summed E-state index contributed by atoms with van der Waals surface area (Å²) in [6, 6.07) is 0. The van der Waals surface area contributed by atoms with Crippen molar-refractivity contribution in [2.45, 2.75) is 51.7 Å². The third-order valence-corrected chi connectivity index (χ3v) is 1.91. The summed E-state index contributed by atoms with van der Waals surface area (Å²) in [5, 5.41) is 2.79. The number of carbonyl (C=O) groups excluding carboxylic acids is 2. The molecule has 14 heavy (non-hydrogen) atoms. The molecule has 0 bridgehead atoms. The quantitative estimate of drug-likeness (QED) is 0.641. The van der Waals surface area contributed by atoms with Gasteiger partial charge in [-0.1, -0.05) is 0 Å². The zero-order chi connectivity index (χ0) is 10.8. The van der Waals surface area contributed by atoms with Gasteiger partial charge in [0.25, 0.3) is 5.91 Å². The van der Waals surface area contributed by atoms with E-state index >= 15 is 0 Å². The highest BCUT2D eigenvalue weighted by molar-refractivity contribution is 5.85. The first-order chi connectivity index (χ1) is 6.38. The Bertz CT molecular complexity index is 242. The molecule has 1 atom stereocenters. The molecule has 0 spiro atoms. The van der Waals surface area contributed by atoms with Crippen LogP contribution < -0.4 is 5.32 Å². The van der Waals surface area contributed by atoms with E-state index in [-0.39, 0.29) is 17.4 Å². The highest BCUT2D eigenvalue weighted by atomic mass is 16.5. The Morgan fingerprint density at radius 3 is 2.64 bits per heavy atom. The van der Waals surface area contributed by atoms with Crippen LogP contribution in [0.3, 0.4) is 0 Å². The molecule has 0 unspecified atom stereocenters. The number of carbonyl (C=O) groups is 2. The number of rotatable bonds is 1.